The van der Waals surface area contributed by atoms with Gasteiger partial charge in [-0.3, -0.25) is 14.6 Å². The first-order valence-corrected chi connectivity index (χ1v) is 17.9. The number of nitrogens with one attached hydrogen (secondary N) is 2. The predicted molar refractivity (Wildman–Crippen MR) is 195 cm³/mol. The first-order chi connectivity index (χ1) is 24.3. The number of carbonyl (C=O) groups excluding carboxylic acids is 1. The SMILES string of the molecule is O=C(C(CNc1ccc(O)cc1)N1CCC(Cc2ccc(F)cc2)CC1)C(CNc1ccc(O)cc1)N1CCC(Cc2ccc(F)cc2)CC1. The highest BCUT2D eigenvalue weighted by Crippen LogP contribution is 2.28. The summed E-state index contributed by atoms with van der Waals surface area (Å²) in [5, 5.41) is 26.6. The van der Waals surface area contributed by atoms with Crippen LogP contribution in [0, 0.1) is 23.5 Å². The molecule has 0 saturated carbocycles. The molecule has 6 rings (SSSR count). The number of phenolic OH excluding ortho intramolecular Hbond substituents is 2. The molecule has 0 spiro atoms. The second kappa shape index (κ2) is 17.0. The van der Waals surface area contributed by atoms with Gasteiger partial charge < -0.3 is 20.8 Å². The fourth-order valence-electron chi connectivity index (χ4n) is 7.47. The van der Waals surface area contributed by atoms with Crippen molar-refractivity contribution in [2.45, 2.75) is 50.6 Å². The number of carbonyl (C=O) groups is 1. The van der Waals surface area contributed by atoms with Gasteiger partial charge in [-0.15, -0.1) is 0 Å². The maximum absolute atomic E-state index is 14.9. The molecule has 2 unspecified atom stereocenters. The molecule has 0 radical (unpaired) electrons. The Labute approximate surface area is 293 Å². The molecule has 0 aromatic heterocycles. The summed E-state index contributed by atoms with van der Waals surface area (Å²) in [6.07, 6.45) is 5.59. The number of rotatable bonds is 14. The molecule has 9 heteroatoms. The standard InChI is InChI=1S/C41H48F2N4O3/c42-33-5-1-29(2-6-33)25-31-17-21-46(22-18-31)39(27-44-35-9-13-37(48)14-10-35)41(50)40(28-45-36-11-15-38(49)16-12-36)47-23-19-32(20-24-47)26-30-3-7-34(43)8-4-30/h1-16,31-32,39-40,44-45,48-49H,17-28H2. The molecular formula is C41H48F2N4O3. The molecule has 264 valence electrons. The van der Waals surface area contributed by atoms with Gasteiger partial charge in [-0.05, 0) is 160 Å². The molecule has 4 aromatic rings. The summed E-state index contributed by atoms with van der Waals surface area (Å²) >= 11 is 0. The highest BCUT2D eigenvalue weighted by Gasteiger charge is 2.37. The zero-order chi connectivity index (χ0) is 34.9. The topological polar surface area (TPSA) is 88.1 Å². The molecule has 2 aliphatic rings. The van der Waals surface area contributed by atoms with Gasteiger partial charge in [0.2, 0.25) is 0 Å². The fourth-order valence-corrected chi connectivity index (χ4v) is 7.47. The van der Waals surface area contributed by atoms with Crippen molar-refractivity contribution in [3.8, 4) is 11.5 Å². The van der Waals surface area contributed by atoms with E-state index in [0.717, 1.165) is 87.2 Å². The lowest BCUT2D eigenvalue weighted by Crippen LogP contribution is -2.58. The molecule has 0 aliphatic carbocycles. The molecule has 2 aliphatic heterocycles. The summed E-state index contributed by atoms with van der Waals surface area (Å²) in [6.45, 7) is 4.02. The Morgan fingerprint density at radius 1 is 0.580 bits per heavy atom. The van der Waals surface area contributed by atoms with Crippen LogP contribution in [0.25, 0.3) is 0 Å². The lowest BCUT2D eigenvalue weighted by molar-refractivity contribution is -0.130. The van der Waals surface area contributed by atoms with Crippen LogP contribution in [-0.2, 0) is 17.6 Å². The van der Waals surface area contributed by atoms with E-state index in [9.17, 15) is 23.8 Å². The first-order valence-electron chi connectivity index (χ1n) is 17.9. The number of nitrogens with zero attached hydrogens (tertiary/aromatic N) is 2. The number of halogens is 2. The lowest BCUT2D eigenvalue weighted by atomic mass is 9.87. The first kappa shape index (κ1) is 35.4. The van der Waals surface area contributed by atoms with Crippen molar-refractivity contribution < 1.29 is 23.8 Å². The van der Waals surface area contributed by atoms with E-state index in [4.69, 9.17) is 0 Å². The van der Waals surface area contributed by atoms with Crippen molar-refractivity contribution >= 4 is 17.2 Å². The average Bonchev–Trinajstić information content (AvgIpc) is 3.13. The number of anilines is 2. The van der Waals surface area contributed by atoms with Crippen LogP contribution < -0.4 is 10.6 Å². The fraction of sp³-hybridized carbons (Fsp3) is 0.390. The molecule has 0 amide bonds. The van der Waals surface area contributed by atoms with Crippen molar-refractivity contribution in [2.24, 2.45) is 11.8 Å². The minimum Gasteiger partial charge on any atom is -0.508 e. The van der Waals surface area contributed by atoms with Gasteiger partial charge in [0.05, 0.1) is 12.1 Å². The maximum atomic E-state index is 14.9. The Balaban J connectivity index is 1.17. The zero-order valence-electron chi connectivity index (χ0n) is 28.5. The van der Waals surface area contributed by atoms with Gasteiger partial charge in [0.1, 0.15) is 23.1 Å². The summed E-state index contributed by atoms with van der Waals surface area (Å²) in [7, 11) is 0. The molecule has 2 heterocycles. The van der Waals surface area contributed by atoms with E-state index in [1.54, 1.807) is 24.3 Å². The van der Waals surface area contributed by atoms with Gasteiger partial charge in [-0.1, -0.05) is 24.3 Å². The smallest absolute Gasteiger partial charge is 0.170 e. The quantitative estimate of drug-likeness (QED) is 0.105. The number of hydrogen-bond acceptors (Lipinski definition) is 7. The third kappa shape index (κ3) is 9.82. The number of ketones is 1. The highest BCUT2D eigenvalue weighted by atomic mass is 19.1. The molecule has 0 bridgehead atoms. The number of Topliss-reactive ketones (excluding diaryl/α,β-unsaturated/α-hetero) is 1. The number of likely N-dealkylation sites (tertiary alicyclic amines) is 2. The van der Waals surface area contributed by atoms with E-state index in [-0.39, 0.29) is 41.0 Å². The average molecular weight is 683 g/mol. The Morgan fingerprint density at radius 2 is 0.920 bits per heavy atom. The zero-order valence-corrected chi connectivity index (χ0v) is 28.5. The Morgan fingerprint density at radius 3 is 1.26 bits per heavy atom. The van der Waals surface area contributed by atoms with Crippen molar-refractivity contribution in [3.63, 3.8) is 0 Å². The number of hydrogen-bond donors (Lipinski definition) is 4. The van der Waals surface area contributed by atoms with E-state index in [1.807, 2.05) is 48.5 Å². The molecule has 4 N–H and O–H groups in total. The Bertz CT molecular complexity index is 1510. The Hall–Kier alpha value is -4.47. The maximum Gasteiger partial charge on any atom is 0.170 e. The van der Waals surface area contributed by atoms with Gasteiger partial charge in [0.15, 0.2) is 5.78 Å². The van der Waals surface area contributed by atoms with Crippen LogP contribution in [0.15, 0.2) is 97.1 Å². The summed E-state index contributed by atoms with van der Waals surface area (Å²) < 4.78 is 27.0. The monoisotopic (exact) mass is 682 g/mol. The molecular weight excluding hydrogens is 634 g/mol. The molecule has 2 atom stereocenters. The third-order valence-electron chi connectivity index (χ3n) is 10.4. The number of benzene rings is 4. The Kier molecular flexibility index (Phi) is 12.0. The minimum atomic E-state index is -0.376. The van der Waals surface area contributed by atoms with Crippen LogP contribution in [0.3, 0.4) is 0 Å². The number of piperidine rings is 2. The van der Waals surface area contributed by atoms with Crippen molar-refractivity contribution in [1.82, 2.24) is 9.80 Å². The van der Waals surface area contributed by atoms with Crippen LogP contribution in [-0.4, -0.2) is 77.1 Å². The summed E-state index contributed by atoms with van der Waals surface area (Å²) in [5.74, 6) is 1.02. The normalized spacial score (nSPS) is 17.6. The van der Waals surface area contributed by atoms with Crippen LogP contribution in [0.1, 0.15) is 36.8 Å². The van der Waals surface area contributed by atoms with Gasteiger partial charge in [0, 0.05) is 24.5 Å². The summed E-state index contributed by atoms with van der Waals surface area (Å²) in [4.78, 5) is 19.5. The van der Waals surface area contributed by atoms with E-state index in [0.29, 0.717) is 24.9 Å². The minimum absolute atomic E-state index is 0.163. The molecule has 50 heavy (non-hydrogen) atoms. The second-order valence-electron chi connectivity index (χ2n) is 13.9. The largest absolute Gasteiger partial charge is 0.508 e. The van der Waals surface area contributed by atoms with Gasteiger partial charge >= 0.3 is 0 Å². The van der Waals surface area contributed by atoms with E-state index in [1.165, 1.54) is 24.3 Å². The molecule has 7 nitrogen and oxygen atoms in total. The predicted octanol–water partition coefficient (Wildman–Crippen LogP) is 7.12. The van der Waals surface area contributed by atoms with Gasteiger partial charge in [-0.25, -0.2) is 8.78 Å². The van der Waals surface area contributed by atoms with E-state index < -0.39 is 0 Å². The van der Waals surface area contributed by atoms with E-state index >= 15 is 0 Å². The molecule has 2 fully saturated rings. The van der Waals surface area contributed by atoms with Crippen LogP contribution in [0.2, 0.25) is 0 Å². The van der Waals surface area contributed by atoms with E-state index in [2.05, 4.69) is 20.4 Å². The molecule has 2 saturated heterocycles. The highest BCUT2D eigenvalue weighted by molar-refractivity contribution is 5.90. The van der Waals surface area contributed by atoms with Crippen molar-refractivity contribution in [1.29, 1.82) is 0 Å². The van der Waals surface area contributed by atoms with Crippen LogP contribution >= 0.6 is 0 Å². The molecule has 4 aromatic carbocycles. The lowest BCUT2D eigenvalue weighted by Gasteiger charge is -2.42. The van der Waals surface area contributed by atoms with Crippen molar-refractivity contribution in [3.05, 3.63) is 120 Å². The van der Waals surface area contributed by atoms with Gasteiger partial charge in [0.25, 0.3) is 0 Å². The number of aromatic hydroxyl groups is 2. The number of phenols is 2. The van der Waals surface area contributed by atoms with Crippen LogP contribution in [0.4, 0.5) is 20.2 Å². The van der Waals surface area contributed by atoms with Crippen LogP contribution in [0.5, 0.6) is 11.5 Å². The third-order valence-corrected chi connectivity index (χ3v) is 10.4. The van der Waals surface area contributed by atoms with Crippen molar-refractivity contribution in [2.75, 3.05) is 49.9 Å². The summed E-state index contributed by atoms with van der Waals surface area (Å²) in [5.41, 5.74) is 3.95. The summed E-state index contributed by atoms with van der Waals surface area (Å²) in [6, 6.07) is 26.6. The second-order valence-corrected chi connectivity index (χ2v) is 13.9. The van der Waals surface area contributed by atoms with Gasteiger partial charge in [-0.2, -0.15) is 0 Å².